The van der Waals surface area contributed by atoms with Crippen molar-refractivity contribution < 1.29 is 0 Å². The molecule has 1 heterocycles. The molecular formula is C10H18N2. The van der Waals surface area contributed by atoms with Crippen molar-refractivity contribution in [2.24, 2.45) is 0 Å². The zero-order valence-electron chi connectivity index (χ0n) is 8.09. The normalized spacial score (nSPS) is 22.0. The zero-order chi connectivity index (χ0) is 8.97. The quantitative estimate of drug-likeness (QED) is 0.667. The third kappa shape index (κ3) is 2.61. The summed E-state index contributed by atoms with van der Waals surface area (Å²) in [5.74, 6) is 0. The Kier molecular flexibility index (Phi) is 3.20. The summed E-state index contributed by atoms with van der Waals surface area (Å²) >= 11 is 0. The molecule has 1 aliphatic rings. The second-order valence-corrected chi connectivity index (χ2v) is 3.44. The van der Waals surface area contributed by atoms with Gasteiger partial charge in [0.25, 0.3) is 0 Å². The molecular weight excluding hydrogens is 148 g/mol. The topological polar surface area (TPSA) is 24.1 Å². The lowest BCUT2D eigenvalue weighted by Gasteiger charge is -2.19. The monoisotopic (exact) mass is 166 g/mol. The maximum atomic E-state index is 3.38. The van der Waals surface area contributed by atoms with Crippen LogP contribution in [0.4, 0.5) is 0 Å². The molecule has 0 radical (unpaired) electrons. The van der Waals surface area contributed by atoms with E-state index in [0.717, 1.165) is 6.42 Å². The molecule has 1 rings (SSSR count). The molecule has 1 atom stereocenters. The SMILES string of the molecule is CCC1C=C(NC(C)C)C=CN1. The third-order valence-corrected chi connectivity index (χ3v) is 1.85. The highest BCUT2D eigenvalue weighted by Gasteiger charge is 2.05. The highest BCUT2D eigenvalue weighted by molar-refractivity contribution is 5.23. The molecule has 2 N–H and O–H groups in total. The van der Waals surface area contributed by atoms with Crippen molar-refractivity contribution >= 4 is 0 Å². The Labute approximate surface area is 74.7 Å². The van der Waals surface area contributed by atoms with E-state index in [1.54, 1.807) is 0 Å². The standard InChI is InChI=1S/C10H18N2/c1-4-9-7-10(5-6-11-9)12-8(2)3/h5-9,11-12H,4H2,1-3H3. The minimum atomic E-state index is 0.497. The van der Waals surface area contributed by atoms with Gasteiger partial charge in [-0.1, -0.05) is 6.92 Å². The summed E-state index contributed by atoms with van der Waals surface area (Å²) in [6.07, 6.45) is 7.46. The van der Waals surface area contributed by atoms with E-state index in [4.69, 9.17) is 0 Å². The summed E-state index contributed by atoms with van der Waals surface area (Å²) in [4.78, 5) is 0. The van der Waals surface area contributed by atoms with Crippen LogP contribution in [0.15, 0.2) is 24.0 Å². The predicted octanol–water partition coefficient (Wildman–Crippen LogP) is 1.76. The number of hydrogen-bond acceptors (Lipinski definition) is 2. The summed E-state index contributed by atoms with van der Waals surface area (Å²) < 4.78 is 0. The average Bonchev–Trinajstić information content (AvgIpc) is 2.03. The molecule has 0 saturated heterocycles. The summed E-state index contributed by atoms with van der Waals surface area (Å²) in [6, 6.07) is 1.01. The van der Waals surface area contributed by atoms with E-state index in [1.165, 1.54) is 5.70 Å². The summed E-state index contributed by atoms with van der Waals surface area (Å²) in [5, 5.41) is 6.66. The molecule has 0 amide bonds. The maximum Gasteiger partial charge on any atom is 0.0459 e. The van der Waals surface area contributed by atoms with Crippen molar-refractivity contribution in [1.29, 1.82) is 0 Å². The van der Waals surface area contributed by atoms with Crippen LogP contribution in [0.25, 0.3) is 0 Å². The van der Waals surface area contributed by atoms with Gasteiger partial charge in [-0.3, -0.25) is 0 Å². The lowest BCUT2D eigenvalue weighted by molar-refractivity contribution is 0.628. The Morgan fingerprint density at radius 2 is 2.33 bits per heavy atom. The number of nitrogens with one attached hydrogen (secondary N) is 2. The molecule has 0 aliphatic carbocycles. The van der Waals surface area contributed by atoms with Crippen LogP contribution in [-0.4, -0.2) is 12.1 Å². The van der Waals surface area contributed by atoms with Crippen LogP contribution in [0.5, 0.6) is 0 Å². The first-order valence-corrected chi connectivity index (χ1v) is 4.63. The Bertz CT molecular complexity index is 192. The van der Waals surface area contributed by atoms with Crippen LogP contribution >= 0.6 is 0 Å². The molecule has 2 nitrogen and oxygen atoms in total. The van der Waals surface area contributed by atoms with Gasteiger partial charge in [-0.25, -0.2) is 0 Å². The highest BCUT2D eigenvalue weighted by atomic mass is 14.9. The summed E-state index contributed by atoms with van der Waals surface area (Å²) in [5.41, 5.74) is 1.23. The molecule has 0 spiro atoms. The number of allylic oxidation sites excluding steroid dienone is 1. The minimum absolute atomic E-state index is 0.497. The Morgan fingerprint density at radius 1 is 1.58 bits per heavy atom. The second-order valence-electron chi connectivity index (χ2n) is 3.44. The van der Waals surface area contributed by atoms with E-state index in [2.05, 4.69) is 43.6 Å². The van der Waals surface area contributed by atoms with Gasteiger partial charge in [0.15, 0.2) is 0 Å². The highest BCUT2D eigenvalue weighted by Crippen LogP contribution is 2.05. The smallest absolute Gasteiger partial charge is 0.0459 e. The van der Waals surface area contributed by atoms with Gasteiger partial charge in [0.2, 0.25) is 0 Å². The average molecular weight is 166 g/mol. The first-order chi connectivity index (χ1) is 5.72. The van der Waals surface area contributed by atoms with Crippen LogP contribution < -0.4 is 10.6 Å². The number of hydrogen-bond donors (Lipinski definition) is 2. The molecule has 12 heavy (non-hydrogen) atoms. The molecule has 0 bridgehead atoms. The van der Waals surface area contributed by atoms with Gasteiger partial charge < -0.3 is 10.6 Å². The van der Waals surface area contributed by atoms with Crippen LogP contribution in [0.2, 0.25) is 0 Å². The fourth-order valence-electron chi connectivity index (χ4n) is 1.25. The molecule has 1 aliphatic heterocycles. The van der Waals surface area contributed by atoms with Gasteiger partial charge in [0, 0.05) is 17.8 Å². The third-order valence-electron chi connectivity index (χ3n) is 1.85. The molecule has 0 aromatic heterocycles. The van der Waals surface area contributed by atoms with Crippen LogP contribution in [-0.2, 0) is 0 Å². The van der Waals surface area contributed by atoms with E-state index in [-0.39, 0.29) is 0 Å². The molecule has 0 aromatic carbocycles. The van der Waals surface area contributed by atoms with Crippen molar-refractivity contribution in [1.82, 2.24) is 10.6 Å². The Balaban J connectivity index is 2.51. The molecule has 0 aromatic rings. The van der Waals surface area contributed by atoms with Crippen molar-refractivity contribution in [2.45, 2.75) is 39.3 Å². The first-order valence-electron chi connectivity index (χ1n) is 4.63. The van der Waals surface area contributed by atoms with E-state index in [9.17, 15) is 0 Å². The van der Waals surface area contributed by atoms with Crippen LogP contribution in [0.1, 0.15) is 27.2 Å². The summed E-state index contributed by atoms with van der Waals surface area (Å²) in [7, 11) is 0. The fourth-order valence-corrected chi connectivity index (χ4v) is 1.25. The number of dihydropyridines is 1. The molecule has 2 heteroatoms. The van der Waals surface area contributed by atoms with Gasteiger partial charge in [0.1, 0.15) is 0 Å². The predicted molar refractivity (Wildman–Crippen MR) is 52.7 cm³/mol. The van der Waals surface area contributed by atoms with Crippen molar-refractivity contribution in [3.63, 3.8) is 0 Å². The minimum Gasteiger partial charge on any atom is -0.385 e. The van der Waals surface area contributed by atoms with Crippen LogP contribution in [0.3, 0.4) is 0 Å². The largest absolute Gasteiger partial charge is 0.385 e. The van der Waals surface area contributed by atoms with Crippen molar-refractivity contribution in [2.75, 3.05) is 0 Å². The van der Waals surface area contributed by atoms with Crippen molar-refractivity contribution in [3.8, 4) is 0 Å². The molecule has 68 valence electrons. The lowest BCUT2D eigenvalue weighted by Crippen LogP contribution is -2.29. The molecule has 1 unspecified atom stereocenters. The van der Waals surface area contributed by atoms with Gasteiger partial charge in [0.05, 0.1) is 0 Å². The van der Waals surface area contributed by atoms with E-state index >= 15 is 0 Å². The van der Waals surface area contributed by atoms with E-state index < -0.39 is 0 Å². The molecule has 0 saturated carbocycles. The van der Waals surface area contributed by atoms with E-state index in [0.29, 0.717) is 12.1 Å². The Hall–Kier alpha value is -0.920. The summed E-state index contributed by atoms with van der Waals surface area (Å²) in [6.45, 7) is 6.48. The Morgan fingerprint density at radius 3 is 2.92 bits per heavy atom. The van der Waals surface area contributed by atoms with Crippen LogP contribution in [0, 0.1) is 0 Å². The fraction of sp³-hybridized carbons (Fsp3) is 0.600. The zero-order valence-corrected chi connectivity index (χ0v) is 8.09. The number of rotatable bonds is 3. The van der Waals surface area contributed by atoms with Gasteiger partial charge >= 0.3 is 0 Å². The van der Waals surface area contributed by atoms with E-state index in [1.807, 2.05) is 6.20 Å². The molecule has 0 fully saturated rings. The van der Waals surface area contributed by atoms with Gasteiger partial charge in [-0.2, -0.15) is 0 Å². The lowest BCUT2D eigenvalue weighted by atomic mass is 10.1. The van der Waals surface area contributed by atoms with Crippen molar-refractivity contribution in [3.05, 3.63) is 24.0 Å². The van der Waals surface area contributed by atoms with Gasteiger partial charge in [-0.05, 0) is 38.6 Å². The maximum absolute atomic E-state index is 3.38. The second kappa shape index (κ2) is 4.19. The van der Waals surface area contributed by atoms with Gasteiger partial charge in [-0.15, -0.1) is 0 Å². The first kappa shape index (κ1) is 9.17.